The molecule has 0 spiro atoms. The van der Waals surface area contributed by atoms with Gasteiger partial charge in [-0.15, -0.1) is 0 Å². The molecule has 0 fully saturated rings. The van der Waals surface area contributed by atoms with Crippen LogP contribution < -0.4 is 5.32 Å². The lowest BCUT2D eigenvalue weighted by molar-refractivity contribution is -0.116. The zero-order valence-electron chi connectivity index (χ0n) is 11.8. The SMILES string of the molecule is COCCCC(=O)Nc1nc2ccc(S(C)(=O)=O)cc2s1. The Balaban J connectivity index is 2.14. The Labute approximate surface area is 127 Å². The quantitative estimate of drug-likeness (QED) is 0.820. The van der Waals surface area contributed by atoms with Crippen molar-refractivity contribution in [2.75, 3.05) is 25.3 Å². The number of hydrogen-bond acceptors (Lipinski definition) is 6. The second-order valence-corrected chi connectivity index (χ2v) is 7.61. The lowest BCUT2D eigenvalue weighted by Crippen LogP contribution is -2.11. The molecule has 1 amide bonds. The molecule has 2 aromatic rings. The number of fused-ring (bicyclic) bond motifs is 1. The summed E-state index contributed by atoms with van der Waals surface area (Å²) in [5, 5.41) is 3.18. The summed E-state index contributed by atoms with van der Waals surface area (Å²) in [6, 6.07) is 4.73. The molecule has 0 saturated heterocycles. The smallest absolute Gasteiger partial charge is 0.226 e. The Morgan fingerprint density at radius 1 is 1.43 bits per heavy atom. The summed E-state index contributed by atoms with van der Waals surface area (Å²) in [6.07, 6.45) is 2.16. The van der Waals surface area contributed by atoms with Gasteiger partial charge < -0.3 is 10.1 Å². The van der Waals surface area contributed by atoms with Crippen LogP contribution in [0.25, 0.3) is 10.2 Å². The molecule has 8 heteroatoms. The molecule has 1 aromatic heterocycles. The van der Waals surface area contributed by atoms with Crippen LogP contribution in [-0.4, -0.2) is 39.3 Å². The van der Waals surface area contributed by atoms with E-state index in [1.807, 2.05) is 0 Å². The molecule has 0 bridgehead atoms. The maximum atomic E-state index is 11.7. The van der Waals surface area contributed by atoms with Crippen molar-refractivity contribution in [1.29, 1.82) is 0 Å². The van der Waals surface area contributed by atoms with E-state index < -0.39 is 9.84 Å². The first-order valence-corrected chi connectivity index (χ1v) is 9.00. The summed E-state index contributed by atoms with van der Waals surface area (Å²) in [4.78, 5) is 16.2. The summed E-state index contributed by atoms with van der Waals surface area (Å²) in [5.74, 6) is -0.130. The van der Waals surface area contributed by atoms with Crippen molar-refractivity contribution in [1.82, 2.24) is 4.98 Å². The second-order valence-electron chi connectivity index (χ2n) is 4.57. The summed E-state index contributed by atoms with van der Waals surface area (Å²) >= 11 is 1.26. The van der Waals surface area contributed by atoms with E-state index in [0.29, 0.717) is 30.1 Å². The summed E-state index contributed by atoms with van der Waals surface area (Å²) in [7, 11) is -1.66. The first-order valence-electron chi connectivity index (χ1n) is 6.29. The minimum Gasteiger partial charge on any atom is -0.385 e. The maximum absolute atomic E-state index is 11.7. The van der Waals surface area contributed by atoms with Gasteiger partial charge in [0.05, 0.1) is 15.1 Å². The van der Waals surface area contributed by atoms with Gasteiger partial charge in [0.1, 0.15) is 0 Å². The largest absolute Gasteiger partial charge is 0.385 e. The van der Waals surface area contributed by atoms with Crippen LogP contribution in [0.2, 0.25) is 0 Å². The number of carbonyl (C=O) groups excluding carboxylic acids is 1. The molecule has 21 heavy (non-hydrogen) atoms. The molecule has 0 unspecified atom stereocenters. The van der Waals surface area contributed by atoms with Crippen molar-refractivity contribution in [3.8, 4) is 0 Å². The van der Waals surface area contributed by atoms with Crippen molar-refractivity contribution < 1.29 is 17.9 Å². The number of aromatic nitrogens is 1. The van der Waals surface area contributed by atoms with Gasteiger partial charge in [0.15, 0.2) is 15.0 Å². The van der Waals surface area contributed by atoms with Crippen LogP contribution in [0, 0.1) is 0 Å². The fourth-order valence-corrected chi connectivity index (χ4v) is 3.39. The predicted molar refractivity (Wildman–Crippen MR) is 82.5 cm³/mol. The molecule has 1 aromatic carbocycles. The maximum Gasteiger partial charge on any atom is 0.226 e. The van der Waals surface area contributed by atoms with Gasteiger partial charge in [-0.05, 0) is 24.6 Å². The van der Waals surface area contributed by atoms with Crippen LogP contribution in [0.5, 0.6) is 0 Å². The van der Waals surface area contributed by atoms with Gasteiger partial charge in [-0.25, -0.2) is 13.4 Å². The molecule has 1 heterocycles. The second kappa shape index (κ2) is 6.50. The molecule has 6 nitrogen and oxygen atoms in total. The van der Waals surface area contributed by atoms with Crippen LogP contribution >= 0.6 is 11.3 Å². The number of sulfone groups is 1. The fourth-order valence-electron chi connectivity index (χ4n) is 1.75. The number of anilines is 1. The lowest BCUT2D eigenvalue weighted by atomic mass is 10.3. The van der Waals surface area contributed by atoms with E-state index >= 15 is 0 Å². The highest BCUT2D eigenvalue weighted by molar-refractivity contribution is 7.90. The average molecular weight is 328 g/mol. The van der Waals surface area contributed by atoms with E-state index in [-0.39, 0.29) is 10.8 Å². The van der Waals surface area contributed by atoms with Crippen molar-refractivity contribution in [2.24, 2.45) is 0 Å². The lowest BCUT2D eigenvalue weighted by Gasteiger charge is -2.00. The Morgan fingerprint density at radius 3 is 2.86 bits per heavy atom. The van der Waals surface area contributed by atoms with Gasteiger partial charge in [0, 0.05) is 26.4 Å². The number of nitrogens with zero attached hydrogens (tertiary/aromatic N) is 1. The van der Waals surface area contributed by atoms with Crippen LogP contribution in [0.15, 0.2) is 23.1 Å². The molecule has 0 aliphatic heterocycles. The van der Waals surface area contributed by atoms with Crippen molar-refractivity contribution in [2.45, 2.75) is 17.7 Å². The molecule has 114 valence electrons. The number of benzene rings is 1. The number of hydrogen-bond donors (Lipinski definition) is 1. The van der Waals surface area contributed by atoms with Gasteiger partial charge in [-0.1, -0.05) is 11.3 Å². The Bertz CT molecular complexity index is 753. The van der Waals surface area contributed by atoms with E-state index in [4.69, 9.17) is 4.74 Å². The number of carbonyl (C=O) groups is 1. The highest BCUT2D eigenvalue weighted by Gasteiger charge is 2.12. The summed E-state index contributed by atoms with van der Waals surface area (Å²) < 4.78 is 28.6. The highest BCUT2D eigenvalue weighted by atomic mass is 32.2. The standard InChI is InChI=1S/C13H16N2O4S2/c1-19-7-3-4-12(16)15-13-14-10-6-5-9(21(2,17)18)8-11(10)20-13/h5-6,8H,3-4,7H2,1-2H3,(H,14,15,16). The Kier molecular flexibility index (Phi) is 4.92. The topological polar surface area (TPSA) is 85.4 Å². The van der Waals surface area contributed by atoms with Crippen molar-refractivity contribution in [3.05, 3.63) is 18.2 Å². The van der Waals surface area contributed by atoms with Crippen LogP contribution in [-0.2, 0) is 19.4 Å². The summed E-state index contributed by atoms with van der Waals surface area (Å²) in [5.41, 5.74) is 0.666. The van der Waals surface area contributed by atoms with Gasteiger partial charge >= 0.3 is 0 Å². The highest BCUT2D eigenvalue weighted by Crippen LogP contribution is 2.28. The van der Waals surface area contributed by atoms with Gasteiger partial charge in [0.25, 0.3) is 0 Å². The number of ether oxygens (including phenoxy) is 1. The van der Waals surface area contributed by atoms with E-state index in [1.165, 1.54) is 17.4 Å². The summed E-state index contributed by atoms with van der Waals surface area (Å²) in [6.45, 7) is 0.533. The first-order chi connectivity index (χ1) is 9.90. The predicted octanol–water partition coefficient (Wildman–Crippen LogP) is 2.06. The number of amides is 1. The first kappa shape index (κ1) is 15.9. The molecule has 0 radical (unpaired) electrons. The molecular weight excluding hydrogens is 312 g/mol. The minimum absolute atomic E-state index is 0.130. The monoisotopic (exact) mass is 328 g/mol. The number of nitrogens with one attached hydrogen (secondary N) is 1. The van der Waals surface area contributed by atoms with Crippen LogP contribution in [0.4, 0.5) is 5.13 Å². The molecule has 0 aliphatic carbocycles. The van der Waals surface area contributed by atoms with E-state index in [1.54, 1.807) is 19.2 Å². The molecule has 2 rings (SSSR count). The normalized spacial score (nSPS) is 11.7. The van der Waals surface area contributed by atoms with E-state index in [0.717, 1.165) is 11.0 Å². The van der Waals surface area contributed by atoms with E-state index in [9.17, 15) is 13.2 Å². The van der Waals surface area contributed by atoms with Crippen LogP contribution in [0.1, 0.15) is 12.8 Å². The number of rotatable bonds is 6. The minimum atomic E-state index is -3.25. The number of thiazole rings is 1. The van der Waals surface area contributed by atoms with Crippen LogP contribution in [0.3, 0.4) is 0 Å². The Hall–Kier alpha value is -1.51. The Morgan fingerprint density at radius 2 is 2.19 bits per heavy atom. The average Bonchev–Trinajstić information content (AvgIpc) is 2.78. The number of methoxy groups -OCH3 is 1. The van der Waals surface area contributed by atoms with Gasteiger partial charge in [0.2, 0.25) is 5.91 Å². The van der Waals surface area contributed by atoms with Crippen molar-refractivity contribution in [3.63, 3.8) is 0 Å². The molecular formula is C13H16N2O4S2. The third kappa shape index (κ3) is 4.23. The van der Waals surface area contributed by atoms with Gasteiger partial charge in [-0.2, -0.15) is 0 Å². The molecule has 1 N–H and O–H groups in total. The third-order valence-electron chi connectivity index (χ3n) is 2.79. The van der Waals surface area contributed by atoms with E-state index in [2.05, 4.69) is 10.3 Å². The zero-order valence-corrected chi connectivity index (χ0v) is 13.4. The fraction of sp³-hybridized carbons (Fsp3) is 0.385. The molecule has 0 aliphatic rings. The third-order valence-corrected chi connectivity index (χ3v) is 4.83. The van der Waals surface area contributed by atoms with Gasteiger partial charge in [-0.3, -0.25) is 4.79 Å². The van der Waals surface area contributed by atoms with Crippen molar-refractivity contribution >= 4 is 42.4 Å². The molecule has 0 saturated carbocycles. The zero-order chi connectivity index (χ0) is 15.5. The molecule has 0 atom stereocenters.